The van der Waals surface area contributed by atoms with Gasteiger partial charge >= 0.3 is 0 Å². The second kappa shape index (κ2) is 4.89. The summed E-state index contributed by atoms with van der Waals surface area (Å²) >= 11 is 1.79. The van der Waals surface area contributed by atoms with E-state index < -0.39 is 0 Å². The summed E-state index contributed by atoms with van der Waals surface area (Å²) in [5.74, 6) is 0. The van der Waals surface area contributed by atoms with Crippen LogP contribution in [0.25, 0.3) is 0 Å². The van der Waals surface area contributed by atoms with Crippen molar-refractivity contribution in [3.8, 4) is 0 Å². The van der Waals surface area contributed by atoms with Crippen LogP contribution in [0.3, 0.4) is 0 Å². The molecule has 13 heavy (non-hydrogen) atoms. The summed E-state index contributed by atoms with van der Waals surface area (Å²) < 4.78 is 0. The quantitative estimate of drug-likeness (QED) is 0.762. The van der Waals surface area contributed by atoms with Crippen LogP contribution in [0.5, 0.6) is 0 Å². The number of thioether (sulfide) groups is 1. The Morgan fingerprint density at radius 2 is 1.92 bits per heavy atom. The van der Waals surface area contributed by atoms with Gasteiger partial charge in [-0.2, -0.15) is 0 Å². The number of halogens is 1. The molecule has 1 heterocycles. The summed E-state index contributed by atoms with van der Waals surface area (Å²) in [6, 6.07) is 9.46. The molecule has 1 aliphatic heterocycles. The molecule has 0 spiro atoms. The molecule has 1 fully saturated rings. The van der Waals surface area contributed by atoms with E-state index in [1.54, 1.807) is 11.8 Å². The maximum Gasteiger partial charge on any atom is 0.0332 e. The first-order chi connectivity index (χ1) is 5.90. The minimum absolute atomic E-state index is 0. The zero-order valence-electron chi connectivity index (χ0n) is 7.62. The van der Waals surface area contributed by atoms with Gasteiger partial charge in [0.2, 0.25) is 0 Å². The van der Waals surface area contributed by atoms with Crippen LogP contribution >= 0.6 is 24.2 Å². The lowest BCUT2D eigenvalue weighted by Gasteiger charge is -2.28. The minimum Gasteiger partial charge on any atom is -0.310 e. The lowest BCUT2D eigenvalue weighted by Crippen LogP contribution is -2.34. The van der Waals surface area contributed by atoms with Gasteiger partial charge in [0.15, 0.2) is 0 Å². The molecule has 0 aromatic heterocycles. The molecule has 0 amide bonds. The summed E-state index contributed by atoms with van der Waals surface area (Å²) in [6.45, 7) is 1.18. The molecule has 72 valence electrons. The van der Waals surface area contributed by atoms with Crippen LogP contribution < -0.4 is 5.32 Å². The smallest absolute Gasteiger partial charge is 0.0332 e. The van der Waals surface area contributed by atoms with Crippen LogP contribution in [0.2, 0.25) is 0 Å². The van der Waals surface area contributed by atoms with E-state index in [0.29, 0.717) is 6.04 Å². The number of hydrogen-bond acceptors (Lipinski definition) is 2. The lowest BCUT2D eigenvalue weighted by molar-refractivity contribution is 0.383. The van der Waals surface area contributed by atoms with E-state index in [4.69, 9.17) is 0 Å². The van der Waals surface area contributed by atoms with E-state index in [0.717, 1.165) is 0 Å². The second-order valence-electron chi connectivity index (χ2n) is 3.07. The minimum atomic E-state index is 0. The third kappa shape index (κ3) is 2.39. The Morgan fingerprint density at radius 3 is 2.31 bits per heavy atom. The second-order valence-corrected chi connectivity index (χ2v) is 3.95. The van der Waals surface area contributed by atoms with Gasteiger partial charge in [0, 0.05) is 10.9 Å². The Balaban J connectivity index is 0.000000845. The van der Waals surface area contributed by atoms with Crippen molar-refractivity contribution in [2.45, 2.75) is 17.4 Å². The maximum absolute atomic E-state index is 3.39. The average molecular weight is 216 g/mol. The van der Waals surface area contributed by atoms with E-state index in [9.17, 15) is 0 Å². The Morgan fingerprint density at radius 1 is 1.31 bits per heavy atom. The maximum atomic E-state index is 3.39. The van der Waals surface area contributed by atoms with Crippen LogP contribution in [0.4, 0.5) is 0 Å². The van der Waals surface area contributed by atoms with Gasteiger partial charge in [-0.25, -0.2) is 0 Å². The fourth-order valence-corrected chi connectivity index (χ4v) is 1.82. The summed E-state index contributed by atoms with van der Waals surface area (Å²) in [5.41, 5.74) is 1.43. The molecule has 1 N–H and O–H groups in total. The highest BCUT2D eigenvalue weighted by atomic mass is 35.5. The van der Waals surface area contributed by atoms with Crippen LogP contribution in [-0.4, -0.2) is 12.8 Å². The monoisotopic (exact) mass is 215 g/mol. The largest absolute Gasteiger partial charge is 0.310 e. The summed E-state index contributed by atoms with van der Waals surface area (Å²) in [7, 11) is 0. The van der Waals surface area contributed by atoms with Gasteiger partial charge in [0.1, 0.15) is 0 Å². The van der Waals surface area contributed by atoms with Crippen molar-refractivity contribution in [2.24, 2.45) is 0 Å². The van der Waals surface area contributed by atoms with Gasteiger partial charge in [-0.3, -0.25) is 0 Å². The van der Waals surface area contributed by atoms with E-state index in [1.807, 2.05) is 0 Å². The van der Waals surface area contributed by atoms with E-state index in [1.165, 1.54) is 23.4 Å². The third-order valence-corrected chi connectivity index (χ3v) is 3.09. The predicted molar refractivity (Wildman–Crippen MR) is 60.8 cm³/mol. The van der Waals surface area contributed by atoms with Crippen LogP contribution in [0, 0.1) is 0 Å². The topological polar surface area (TPSA) is 12.0 Å². The van der Waals surface area contributed by atoms with E-state index >= 15 is 0 Å². The first-order valence-corrected chi connectivity index (χ1v) is 5.50. The molecule has 0 bridgehead atoms. The number of hydrogen-bond donors (Lipinski definition) is 1. The lowest BCUT2D eigenvalue weighted by atomic mass is 9.98. The van der Waals surface area contributed by atoms with Crippen molar-refractivity contribution in [1.82, 2.24) is 5.32 Å². The Kier molecular flexibility index (Phi) is 4.10. The van der Waals surface area contributed by atoms with E-state index in [2.05, 4.69) is 35.8 Å². The van der Waals surface area contributed by atoms with Gasteiger partial charge in [-0.1, -0.05) is 12.1 Å². The fraction of sp³-hybridized carbons (Fsp3) is 0.400. The molecule has 0 radical (unpaired) electrons. The highest BCUT2D eigenvalue weighted by Gasteiger charge is 2.17. The Bertz CT molecular complexity index is 256. The molecule has 1 aromatic rings. The summed E-state index contributed by atoms with van der Waals surface area (Å²) in [4.78, 5) is 1.35. The first-order valence-electron chi connectivity index (χ1n) is 4.27. The zero-order valence-corrected chi connectivity index (χ0v) is 9.25. The first kappa shape index (κ1) is 10.9. The van der Waals surface area contributed by atoms with Gasteiger partial charge < -0.3 is 5.32 Å². The molecular formula is C10H14ClNS. The van der Waals surface area contributed by atoms with Gasteiger partial charge in [-0.05, 0) is 36.9 Å². The summed E-state index contributed by atoms with van der Waals surface area (Å²) in [6.07, 6.45) is 3.40. The van der Waals surface area contributed by atoms with Gasteiger partial charge in [0.05, 0.1) is 0 Å². The molecular weight excluding hydrogens is 202 g/mol. The molecule has 1 aromatic carbocycles. The van der Waals surface area contributed by atoms with Gasteiger partial charge in [-0.15, -0.1) is 24.2 Å². The normalized spacial score (nSPS) is 20.2. The van der Waals surface area contributed by atoms with Crippen LogP contribution in [0.1, 0.15) is 18.0 Å². The van der Waals surface area contributed by atoms with Crippen LogP contribution in [-0.2, 0) is 0 Å². The number of nitrogens with one attached hydrogen (secondary N) is 1. The molecule has 1 saturated heterocycles. The predicted octanol–water partition coefficient (Wildman–Crippen LogP) is 2.86. The SMILES string of the molecule is CSc1ccc([C@@H]2CCN2)cc1.Cl. The zero-order chi connectivity index (χ0) is 8.39. The van der Waals surface area contributed by atoms with Crippen LogP contribution in [0.15, 0.2) is 29.2 Å². The van der Waals surface area contributed by atoms with Crippen molar-refractivity contribution in [1.29, 1.82) is 0 Å². The highest BCUT2D eigenvalue weighted by Crippen LogP contribution is 2.24. The molecule has 3 heteroatoms. The molecule has 0 aliphatic carbocycles. The van der Waals surface area contributed by atoms with Crippen molar-refractivity contribution >= 4 is 24.2 Å². The van der Waals surface area contributed by atoms with Crippen molar-refractivity contribution in [3.05, 3.63) is 29.8 Å². The molecule has 0 saturated carbocycles. The van der Waals surface area contributed by atoms with Crippen molar-refractivity contribution in [3.63, 3.8) is 0 Å². The highest BCUT2D eigenvalue weighted by molar-refractivity contribution is 7.98. The average Bonchev–Trinajstić information content (AvgIpc) is 2.03. The molecule has 0 unspecified atom stereocenters. The number of rotatable bonds is 2. The third-order valence-electron chi connectivity index (χ3n) is 2.34. The van der Waals surface area contributed by atoms with Crippen molar-refractivity contribution < 1.29 is 0 Å². The molecule has 1 nitrogen and oxygen atoms in total. The van der Waals surface area contributed by atoms with Gasteiger partial charge in [0.25, 0.3) is 0 Å². The molecule has 1 atom stereocenters. The Labute approximate surface area is 89.7 Å². The fourth-order valence-electron chi connectivity index (χ4n) is 1.41. The van der Waals surface area contributed by atoms with Crippen molar-refractivity contribution in [2.75, 3.05) is 12.8 Å². The number of benzene rings is 1. The van der Waals surface area contributed by atoms with E-state index in [-0.39, 0.29) is 12.4 Å². The molecule has 2 rings (SSSR count). The summed E-state index contributed by atoms with van der Waals surface area (Å²) in [5, 5.41) is 3.39. The Hall–Kier alpha value is -0.180. The standard InChI is InChI=1S/C10H13NS.ClH/c1-12-9-4-2-8(3-5-9)10-6-7-11-10;/h2-5,10-11H,6-7H2,1H3;1H/t10-;/m0./s1. The molecule has 1 aliphatic rings.